The molecule has 0 unspecified atom stereocenters. The zero-order valence-electron chi connectivity index (χ0n) is 15.8. The van der Waals surface area contributed by atoms with Crippen LogP contribution >= 0.6 is 0 Å². The maximum Gasteiger partial charge on any atom is 0.329 e. The fraction of sp³-hybridized carbons (Fsp3) is 0.238. The molecule has 3 rings (SSSR count). The lowest BCUT2D eigenvalue weighted by molar-refractivity contribution is 0.102. The van der Waals surface area contributed by atoms with Gasteiger partial charge in [0, 0.05) is 17.3 Å². The maximum absolute atomic E-state index is 13.9. The van der Waals surface area contributed by atoms with Gasteiger partial charge in [0.15, 0.2) is 0 Å². The van der Waals surface area contributed by atoms with E-state index in [9.17, 15) is 18.8 Å². The molecule has 0 bridgehead atoms. The van der Waals surface area contributed by atoms with Crippen LogP contribution in [0.1, 0.15) is 52.6 Å². The number of pyridine rings is 1. The number of carbonyl (C=O) groups excluding carboxylic acids is 1. The Balaban J connectivity index is 2.28. The third-order valence-electron chi connectivity index (χ3n) is 4.38. The monoisotopic (exact) mass is 381 g/mol. The fourth-order valence-electron chi connectivity index (χ4n) is 3.18. The van der Waals surface area contributed by atoms with Crippen molar-refractivity contribution in [3.63, 3.8) is 0 Å². The summed E-state index contributed by atoms with van der Waals surface area (Å²) in [5.74, 6) is -1.46. The van der Waals surface area contributed by atoms with Gasteiger partial charge in [-0.1, -0.05) is 19.9 Å². The summed E-state index contributed by atoms with van der Waals surface area (Å²) in [5.41, 5.74) is 0.0139. The third-order valence-corrected chi connectivity index (χ3v) is 4.38. The summed E-state index contributed by atoms with van der Waals surface area (Å²) in [6.07, 6.45) is 1.58. The van der Waals surface area contributed by atoms with Crippen LogP contribution in [0.5, 0.6) is 0 Å². The van der Waals surface area contributed by atoms with E-state index in [2.05, 4.69) is 9.97 Å². The van der Waals surface area contributed by atoms with Gasteiger partial charge in [0.1, 0.15) is 11.5 Å². The van der Waals surface area contributed by atoms with E-state index in [0.29, 0.717) is 11.3 Å². The Hall–Kier alpha value is -3.35. The molecular formula is C21H20FN3O3. The van der Waals surface area contributed by atoms with Crippen molar-refractivity contribution in [1.82, 2.24) is 14.5 Å². The van der Waals surface area contributed by atoms with Gasteiger partial charge in [-0.15, -0.1) is 0 Å². The van der Waals surface area contributed by atoms with E-state index >= 15 is 0 Å². The first-order valence-electron chi connectivity index (χ1n) is 8.86. The summed E-state index contributed by atoms with van der Waals surface area (Å²) in [6, 6.07) is 9.16. The van der Waals surface area contributed by atoms with Gasteiger partial charge in [-0.2, -0.15) is 0 Å². The number of aryl methyl sites for hydroxylation is 1. The largest absolute Gasteiger partial charge is 0.329 e. The molecule has 1 aromatic carbocycles. The number of rotatable bonds is 5. The number of H-pyrrole nitrogens is 1. The van der Waals surface area contributed by atoms with Crippen molar-refractivity contribution < 1.29 is 9.18 Å². The van der Waals surface area contributed by atoms with Crippen LogP contribution in [-0.2, 0) is 6.54 Å². The molecule has 0 saturated heterocycles. The van der Waals surface area contributed by atoms with Gasteiger partial charge in [-0.3, -0.25) is 24.1 Å². The topological polar surface area (TPSA) is 84.8 Å². The second-order valence-corrected chi connectivity index (χ2v) is 6.93. The molecule has 0 fully saturated rings. The van der Waals surface area contributed by atoms with Crippen molar-refractivity contribution in [3.8, 4) is 0 Å². The molecule has 0 aliphatic carbocycles. The SMILES string of the molecule is Cc1cc(F)cc(C(=O)c2c(C(C)C)c(=O)[nH]c(=O)n2Cc2ccccn2)c1. The molecule has 0 atom stereocenters. The van der Waals surface area contributed by atoms with Crippen molar-refractivity contribution in [2.24, 2.45) is 0 Å². The quantitative estimate of drug-likeness (QED) is 0.689. The van der Waals surface area contributed by atoms with Crippen LogP contribution in [0.2, 0.25) is 0 Å². The lowest BCUT2D eigenvalue weighted by atomic mass is 9.96. The standard InChI is InChI=1S/C21H20FN3O3/c1-12(2)17-18(19(26)14-8-13(3)9-15(22)10-14)25(21(28)24-20(17)27)11-16-6-4-5-7-23-16/h4-10,12H,11H2,1-3H3,(H,24,27,28). The highest BCUT2D eigenvalue weighted by atomic mass is 19.1. The number of carbonyl (C=O) groups is 1. The molecule has 0 radical (unpaired) electrons. The number of nitrogens with zero attached hydrogens (tertiary/aromatic N) is 2. The highest BCUT2D eigenvalue weighted by molar-refractivity contribution is 6.09. The zero-order chi connectivity index (χ0) is 20.4. The summed E-state index contributed by atoms with van der Waals surface area (Å²) in [6.45, 7) is 5.19. The van der Waals surface area contributed by atoms with Gasteiger partial charge < -0.3 is 0 Å². The second kappa shape index (κ2) is 7.72. The first-order chi connectivity index (χ1) is 13.3. The molecule has 0 aliphatic heterocycles. The van der Waals surface area contributed by atoms with Gasteiger partial charge in [-0.25, -0.2) is 9.18 Å². The number of benzene rings is 1. The summed E-state index contributed by atoms with van der Waals surface area (Å²) in [7, 11) is 0. The number of ketones is 1. The molecule has 0 spiro atoms. The summed E-state index contributed by atoms with van der Waals surface area (Å²) >= 11 is 0. The first-order valence-corrected chi connectivity index (χ1v) is 8.86. The molecule has 2 heterocycles. The first kappa shape index (κ1) is 19.4. The Morgan fingerprint density at radius 1 is 1.21 bits per heavy atom. The molecule has 2 aromatic heterocycles. The fourth-order valence-corrected chi connectivity index (χ4v) is 3.18. The molecule has 28 heavy (non-hydrogen) atoms. The van der Waals surface area contributed by atoms with Crippen LogP contribution in [0.4, 0.5) is 4.39 Å². The molecule has 0 saturated carbocycles. The number of nitrogens with one attached hydrogen (secondary N) is 1. The van der Waals surface area contributed by atoms with E-state index in [0.717, 1.165) is 6.07 Å². The van der Waals surface area contributed by atoms with E-state index in [-0.39, 0.29) is 29.3 Å². The normalized spacial score (nSPS) is 11.0. The minimum absolute atomic E-state index is 0.00550. The van der Waals surface area contributed by atoms with Crippen LogP contribution < -0.4 is 11.2 Å². The Labute approximate surface area is 160 Å². The Kier molecular flexibility index (Phi) is 5.35. The number of aromatic amines is 1. The molecule has 1 N–H and O–H groups in total. The highest BCUT2D eigenvalue weighted by Crippen LogP contribution is 2.20. The number of hydrogen-bond acceptors (Lipinski definition) is 4. The zero-order valence-corrected chi connectivity index (χ0v) is 15.8. The van der Waals surface area contributed by atoms with E-state index in [1.807, 2.05) is 0 Å². The van der Waals surface area contributed by atoms with Crippen LogP contribution in [0.3, 0.4) is 0 Å². The number of halogens is 1. The van der Waals surface area contributed by atoms with Gasteiger partial charge in [0.05, 0.1) is 12.2 Å². The number of aromatic nitrogens is 3. The van der Waals surface area contributed by atoms with Crippen LogP contribution in [0, 0.1) is 12.7 Å². The van der Waals surface area contributed by atoms with E-state index in [1.165, 1.54) is 16.7 Å². The molecule has 6 nitrogen and oxygen atoms in total. The average Bonchev–Trinajstić information content (AvgIpc) is 2.62. The third kappa shape index (κ3) is 3.83. The molecule has 0 aliphatic rings. The summed E-state index contributed by atoms with van der Waals surface area (Å²) in [5, 5.41) is 0. The predicted molar refractivity (Wildman–Crippen MR) is 103 cm³/mol. The summed E-state index contributed by atoms with van der Waals surface area (Å²) in [4.78, 5) is 44.8. The Morgan fingerprint density at radius 2 is 1.96 bits per heavy atom. The molecule has 3 aromatic rings. The molecular weight excluding hydrogens is 361 g/mol. The summed E-state index contributed by atoms with van der Waals surface area (Å²) < 4.78 is 15.1. The van der Waals surface area contributed by atoms with Crippen molar-refractivity contribution in [1.29, 1.82) is 0 Å². The lowest BCUT2D eigenvalue weighted by Crippen LogP contribution is -2.38. The van der Waals surface area contributed by atoms with E-state index < -0.39 is 22.8 Å². The van der Waals surface area contributed by atoms with Crippen molar-refractivity contribution in [3.05, 3.63) is 97.3 Å². The Bertz CT molecular complexity index is 1130. The molecule has 144 valence electrons. The molecule has 0 amide bonds. The maximum atomic E-state index is 13.9. The van der Waals surface area contributed by atoms with Gasteiger partial charge >= 0.3 is 5.69 Å². The van der Waals surface area contributed by atoms with Crippen molar-refractivity contribution >= 4 is 5.78 Å². The van der Waals surface area contributed by atoms with Crippen molar-refractivity contribution in [2.45, 2.75) is 33.2 Å². The van der Waals surface area contributed by atoms with Crippen LogP contribution in [-0.4, -0.2) is 20.3 Å². The minimum atomic E-state index is -0.712. The van der Waals surface area contributed by atoms with Gasteiger partial charge in [0.25, 0.3) is 5.56 Å². The van der Waals surface area contributed by atoms with Crippen molar-refractivity contribution in [2.75, 3.05) is 0 Å². The van der Waals surface area contributed by atoms with E-state index in [1.54, 1.807) is 45.2 Å². The predicted octanol–water partition coefficient (Wildman–Crippen LogP) is 2.78. The average molecular weight is 381 g/mol. The minimum Gasteiger partial charge on any atom is -0.287 e. The van der Waals surface area contributed by atoms with Crippen LogP contribution in [0.25, 0.3) is 0 Å². The van der Waals surface area contributed by atoms with Gasteiger partial charge in [0.2, 0.25) is 5.78 Å². The second-order valence-electron chi connectivity index (χ2n) is 6.93. The van der Waals surface area contributed by atoms with Gasteiger partial charge in [-0.05, 0) is 48.7 Å². The molecule has 7 heteroatoms. The van der Waals surface area contributed by atoms with E-state index in [4.69, 9.17) is 0 Å². The van der Waals surface area contributed by atoms with Crippen LogP contribution in [0.15, 0.2) is 52.2 Å². The highest BCUT2D eigenvalue weighted by Gasteiger charge is 2.25. The number of hydrogen-bond donors (Lipinski definition) is 1. The smallest absolute Gasteiger partial charge is 0.287 e. The Morgan fingerprint density at radius 3 is 2.57 bits per heavy atom. The lowest BCUT2D eigenvalue weighted by Gasteiger charge is -2.17.